The van der Waals surface area contributed by atoms with Crippen LogP contribution < -0.4 is 9.41 Å². The SMILES string of the molecule is Cc1cccc(CC2=[C]([Zr+2])CC=C2)c1.[F-].[F-]. The predicted molar refractivity (Wildman–Crippen MR) is 55.7 cm³/mol. The predicted octanol–water partition coefficient (Wildman–Crippen LogP) is -2.69. The monoisotopic (exact) mass is 297 g/mol. The second-order valence-electron chi connectivity index (χ2n) is 3.78. The van der Waals surface area contributed by atoms with Crippen LogP contribution in [-0.2, 0) is 31.1 Å². The fourth-order valence-corrected chi connectivity index (χ4v) is 2.47. The van der Waals surface area contributed by atoms with Gasteiger partial charge in [0, 0.05) is 0 Å². The molecule has 0 saturated carbocycles. The molecule has 1 aliphatic rings. The van der Waals surface area contributed by atoms with Crippen molar-refractivity contribution in [2.24, 2.45) is 0 Å². The molecule has 1 aliphatic carbocycles. The molecule has 1 aromatic carbocycles. The van der Waals surface area contributed by atoms with E-state index in [0.29, 0.717) is 0 Å². The number of hydrogen-bond acceptors (Lipinski definition) is 0. The van der Waals surface area contributed by atoms with E-state index in [-0.39, 0.29) is 9.41 Å². The Morgan fingerprint density at radius 2 is 2.00 bits per heavy atom. The summed E-state index contributed by atoms with van der Waals surface area (Å²) in [6.45, 7) is 2.15. The Balaban J connectivity index is 0.00000112. The van der Waals surface area contributed by atoms with Crippen LogP contribution in [0, 0.1) is 6.92 Å². The van der Waals surface area contributed by atoms with E-state index < -0.39 is 0 Å². The minimum atomic E-state index is 0. The maximum absolute atomic E-state index is 2.28. The van der Waals surface area contributed by atoms with E-state index in [9.17, 15) is 0 Å². The quantitative estimate of drug-likeness (QED) is 0.558. The average molecular weight is 298 g/mol. The smallest absolute Gasteiger partial charge is 1.00 e. The zero-order valence-electron chi connectivity index (χ0n) is 9.13. The van der Waals surface area contributed by atoms with Gasteiger partial charge in [-0.15, -0.1) is 0 Å². The molecule has 0 spiro atoms. The molecule has 0 unspecified atom stereocenters. The molecule has 16 heavy (non-hydrogen) atoms. The van der Waals surface area contributed by atoms with Crippen molar-refractivity contribution >= 4 is 0 Å². The summed E-state index contributed by atoms with van der Waals surface area (Å²) in [4.78, 5) is 0. The minimum absolute atomic E-state index is 0. The molecule has 0 saturated heterocycles. The third kappa shape index (κ3) is 3.79. The number of hydrogen-bond donors (Lipinski definition) is 0. The maximum atomic E-state index is 2.28. The number of benzene rings is 1. The van der Waals surface area contributed by atoms with Gasteiger partial charge in [0.15, 0.2) is 0 Å². The van der Waals surface area contributed by atoms with Crippen molar-refractivity contribution in [1.82, 2.24) is 0 Å². The average Bonchev–Trinajstić information content (AvgIpc) is 2.52. The van der Waals surface area contributed by atoms with Gasteiger partial charge in [-0.1, -0.05) is 0 Å². The number of allylic oxidation sites excluding steroid dienone is 4. The van der Waals surface area contributed by atoms with Gasteiger partial charge in [-0.05, 0) is 0 Å². The molecule has 0 atom stereocenters. The topological polar surface area (TPSA) is 0 Å². The summed E-state index contributed by atoms with van der Waals surface area (Å²) in [5, 5.41) is 0. The van der Waals surface area contributed by atoms with E-state index in [4.69, 9.17) is 0 Å². The van der Waals surface area contributed by atoms with Gasteiger partial charge in [0.25, 0.3) is 0 Å². The first kappa shape index (κ1) is 15.4. The third-order valence-corrected chi connectivity index (χ3v) is 3.80. The first-order valence-electron chi connectivity index (χ1n) is 4.91. The van der Waals surface area contributed by atoms with Crippen molar-refractivity contribution in [2.45, 2.75) is 19.8 Å². The van der Waals surface area contributed by atoms with Gasteiger partial charge in [-0.2, -0.15) is 0 Å². The van der Waals surface area contributed by atoms with E-state index in [2.05, 4.69) is 43.3 Å². The van der Waals surface area contributed by atoms with Crippen LogP contribution in [0.5, 0.6) is 0 Å². The molecule has 0 nitrogen and oxygen atoms in total. The van der Waals surface area contributed by atoms with Crippen molar-refractivity contribution in [3.05, 3.63) is 56.4 Å². The van der Waals surface area contributed by atoms with Crippen LogP contribution >= 0.6 is 0 Å². The van der Waals surface area contributed by atoms with Crippen LogP contribution in [0.4, 0.5) is 0 Å². The van der Waals surface area contributed by atoms with Crippen molar-refractivity contribution in [3.8, 4) is 0 Å². The minimum Gasteiger partial charge on any atom is -1.00 e. The Kier molecular flexibility index (Phi) is 6.66. The van der Waals surface area contributed by atoms with Crippen molar-refractivity contribution in [3.63, 3.8) is 0 Å². The molecule has 2 rings (SSSR count). The number of aryl methyl sites for hydroxylation is 1. The standard InChI is InChI=1S/C13H13.2FH.Zr/c1-11-5-4-8-13(9-11)10-12-6-2-3-7-12;;;/h2,4-6,8-9H,3,10H2,1H3;2*1H;/q;;;+2/p-2. The molecule has 0 bridgehead atoms. The second-order valence-corrected chi connectivity index (χ2v) is 5.26. The molecular formula is C13H13F2Zr. The van der Waals surface area contributed by atoms with Gasteiger partial charge < -0.3 is 9.41 Å². The Morgan fingerprint density at radius 3 is 2.56 bits per heavy atom. The van der Waals surface area contributed by atoms with Gasteiger partial charge >= 0.3 is 101 Å². The Labute approximate surface area is 110 Å². The van der Waals surface area contributed by atoms with Gasteiger partial charge in [0.2, 0.25) is 0 Å². The summed E-state index contributed by atoms with van der Waals surface area (Å²) in [7, 11) is 0. The zero-order valence-corrected chi connectivity index (χ0v) is 11.6. The summed E-state index contributed by atoms with van der Waals surface area (Å²) in [5.41, 5.74) is 4.33. The van der Waals surface area contributed by atoms with Crippen LogP contribution in [0.15, 0.2) is 45.3 Å². The molecule has 0 heterocycles. The summed E-state index contributed by atoms with van der Waals surface area (Å²) in [6, 6.07) is 8.80. The molecule has 83 valence electrons. The molecule has 0 amide bonds. The second kappa shape index (κ2) is 6.90. The first-order chi connectivity index (χ1) is 6.75. The number of halogens is 2. The van der Waals surface area contributed by atoms with E-state index >= 15 is 0 Å². The van der Waals surface area contributed by atoms with Crippen LogP contribution in [0.25, 0.3) is 0 Å². The van der Waals surface area contributed by atoms with E-state index in [1.165, 1.54) is 23.1 Å². The van der Waals surface area contributed by atoms with Gasteiger partial charge in [-0.3, -0.25) is 0 Å². The molecule has 0 fully saturated rings. The molecule has 0 aliphatic heterocycles. The zero-order chi connectivity index (χ0) is 9.97. The normalized spacial score (nSPS) is 13.4. The van der Waals surface area contributed by atoms with Crippen LogP contribution in [0.1, 0.15) is 17.5 Å². The Morgan fingerprint density at radius 1 is 1.25 bits per heavy atom. The summed E-state index contributed by atoms with van der Waals surface area (Å²) in [6.07, 6.45) is 6.85. The van der Waals surface area contributed by atoms with E-state index in [1.807, 2.05) is 0 Å². The first-order valence-corrected chi connectivity index (χ1v) is 6.14. The van der Waals surface area contributed by atoms with Crippen molar-refractivity contribution in [2.75, 3.05) is 0 Å². The molecule has 1 aromatic rings. The molecule has 0 N–H and O–H groups in total. The molecule has 0 radical (unpaired) electrons. The van der Waals surface area contributed by atoms with Crippen LogP contribution in [-0.4, -0.2) is 0 Å². The fraction of sp³-hybridized carbons (Fsp3) is 0.231. The van der Waals surface area contributed by atoms with Crippen molar-refractivity contribution < 1.29 is 34.1 Å². The Bertz CT molecular complexity index is 408. The van der Waals surface area contributed by atoms with Gasteiger partial charge in [0.1, 0.15) is 0 Å². The fourth-order valence-electron chi connectivity index (χ4n) is 1.76. The van der Waals surface area contributed by atoms with Gasteiger partial charge in [-0.25, -0.2) is 0 Å². The van der Waals surface area contributed by atoms with E-state index in [0.717, 1.165) is 6.42 Å². The van der Waals surface area contributed by atoms with Crippen LogP contribution in [0.2, 0.25) is 0 Å². The van der Waals surface area contributed by atoms with Crippen molar-refractivity contribution in [1.29, 1.82) is 0 Å². The molecule has 3 heteroatoms. The van der Waals surface area contributed by atoms with E-state index in [1.54, 1.807) is 28.0 Å². The van der Waals surface area contributed by atoms with Crippen LogP contribution in [0.3, 0.4) is 0 Å². The largest absolute Gasteiger partial charge is 1.00 e. The van der Waals surface area contributed by atoms with Gasteiger partial charge in [0.05, 0.1) is 0 Å². The maximum Gasteiger partial charge on any atom is -1.00 e. The molecule has 0 aromatic heterocycles. The number of rotatable bonds is 2. The summed E-state index contributed by atoms with van der Waals surface area (Å²) in [5.74, 6) is 0. The summed E-state index contributed by atoms with van der Waals surface area (Å²) >= 11 is 1.57. The Hall–Kier alpha value is -0.557. The summed E-state index contributed by atoms with van der Waals surface area (Å²) < 4.78 is 1.61. The third-order valence-electron chi connectivity index (χ3n) is 2.51. The molecular weight excluding hydrogens is 285 g/mol.